The molecular formula is C15H30N4O. The number of guanidine groups is 1. The van der Waals surface area contributed by atoms with Crippen molar-refractivity contribution in [1.82, 2.24) is 15.5 Å². The van der Waals surface area contributed by atoms with Crippen LogP contribution in [0.2, 0.25) is 0 Å². The van der Waals surface area contributed by atoms with Gasteiger partial charge < -0.3 is 15.4 Å². The zero-order valence-corrected chi connectivity index (χ0v) is 13.0. The van der Waals surface area contributed by atoms with Crippen molar-refractivity contribution in [3.8, 4) is 0 Å². The summed E-state index contributed by atoms with van der Waals surface area (Å²) in [4.78, 5) is 6.84. The second-order valence-corrected chi connectivity index (χ2v) is 5.90. The van der Waals surface area contributed by atoms with Crippen molar-refractivity contribution in [2.24, 2.45) is 4.99 Å². The van der Waals surface area contributed by atoms with Gasteiger partial charge in [-0.05, 0) is 39.2 Å². The molecule has 2 N–H and O–H groups in total. The van der Waals surface area contributed by atoms with Crippen molar-refractivity contribution in [1.29, 1.82) is 0 Å². The maximum Gasteiger partial charge on any atom is 0.191 e. The van der Waals surface area contributed by atoms with Crippen LogP contribution in [0, 0.1) is 0 Å². The maximum atomic E-state index is 5.61. The molecule has 2 atom stereocenters. The highest BCUT2D eigenvalue weighted by molar-refractivity contribution is 5.79. The van der Waals surface area contributed by atoms with Crippen LogP contribution in [0.25, 0.3) is 0 Å². The minimum atomic E-state index is 0.357. The summed E-state index contributed by atoms with van der Waals surface area (Å²) in [6, 6.07) is 0.729. The lowest BCUT2D eigenvalue weighted by Crippen LogP contribution is -2.46. The Kier molecular flexibility index (Phi) is 6.60. The summed E-state index contributed by atoms with van der Waals surface area (Å²) in [5.41, 5.74) is 0. The SMILES string of the molecule is CN=C(NCCN1CCCCC1C)NCC1CCCO1. The smallest absolute Gasteiger partial charge is 0.191 e. The fourth-order valence-corrected chi connectivity index (χ4v) is 3.04. The van der Waals surface area contributed by atoms with Crippen molar-refractivity contribution in [3.05, 3.63) is 0 Å². The van der Waals surface area contributed by atoms with Gasteiger partial charge in [-0.1, -0.05) is 6.42 Å². The molecule has 0 aromatic rings. The highest BCUT2D eigenvalue weighted by Gasteiger charge is 2.18. The van der Waals surface area contributed by atoms with Gasteiger partial charge in [0, 0.05) is 39.3 Å². The number of likely N-dealkylation sites (tertiary alicyclic amines) is 1. The Labute approximate surface area is 123 Å². The van der Waals surface area contributed by atoms with E-state index in [1.165, 1.54) is 32.2 Å². The van der Waals surface area contributed by atoms with Crippen molar-refractivity contribution in [2.75, 3.05) is 39.8 Å². The molecule has 20 heavy (non-hydrogen) atoms. The van der Waals surface area contributed by atoms with E-state index in [1.54, 1.807) is 0 Å². The lowest BCUT2D eigenvalue weighted by molar-refractivity contribution is 0.113. The molecule has 0 spiro atoms. The molecular weight excluding hydrogens is 252 g/mol. The quantitative estimate of drug-likeness (QED) is 0.588. The number of hydrogen-bond acceptors (Lipinski definition) is 3. The van der Waals surface area contributed by atoms with Crippen LogP contribution in [-0.2, 0) is 4.74 Å². The Morgan fingerprint density at radius 3 is 2.85 bits per heavy atom. The van der Waals surface area contributed by atoms with Gasteiger partial charge in [0.25, 0.3) is 0 Å². The summed E-state index contributed by atoms with van der Waals surface area (Å²) in [5, 5.41) is 6.76. The third-order valence-electron chi connectivity index (χ3n) is 4.38. The Morgan fingerprint density at radius 1 is 1.25 bits per heavy atom. The molecule has 0 aliphatic carbocycles. The molecule has 116 valence electrons. The van der Waals surface area contributed by atoms with E-state index in [0.29, 0.717) is 6.10 Å². The molecule has 2 aliphatic rings. The highest BCUT2D eigenvalue weighted by Crippen LogP contribution is 2.15. The zero-order valence-electron chi connectivity index (χ0n) is 13.0. The molecule has 5 nitrogen and oxygen atoms in total. The van der Waals surface area contributed by atoms with Gasteiger partial charge in [0.1, 0.15) is 0 Å². The van der Waals surface area contributed by atoms with E-state index in [0.717, 1.165) is 44.7 Å². The van der Waals surface area contributed by atoms with Gasteiger partial charge in [0.2, 0.25) is 0 Å². The van der Waals surface area contributed by atoms with Crippen LogP contribution >= 0.6 is 0 Å². The van der Waals surface area contributed by atoms with E-state index in [2.05, 4.69) is 27.4 Å². The van der Waals surface area contributed by atoms with Gasteiger partial charge in [-0.2, -0.15) is 0 Å². The molecule has 0 radical (unpaired) electrons. The fraction of sp³-hybridized carbons (Fsp3) is 0.933. The topological polar surface area (TPSA) is 48.9 Å². The minimum absolute atomic E-state index is 0.357. The molecule has 2 rings (SSSR count). The largest absolute Gasteiger partial charge is 0.376 e. The lowest BCUT2D eigenvalue weighted by atomic mass is 10.0. The fourth-order valence-electron chi connectivity index (χ4n) is 3.04. The molecule has 2 aliphatic heterocycles. The first-order chi connectivity index (χ1) is 9.79. The van der Waals surface area contributed by atoms with E-state index < -0.39 is 0 Å². The van der Waals surface area contributed by atoms with Crippen LogP contribution in [0.15, 0.2) is 4.99 Å². The lowest BCUT2D eigenvalue weighted by Gasteiger charge is -2.33. The van der Waals surface area contributed by atoms with Crippen LogP contribution in [0.5, 0.6) is 0 Å². The molecule has 2 heterocycles. The van der Waals surface area contributed by atoms with Gasteiger partial charge in [-0.3, -0.25) is 9.89 Å². The predicted octanol–water partition coefficient (Wildman–Crippen LogP) is 1.20. The summed E-state index contributed by atoms with van der Waals surface area (Å²) >= 11 is 0. The summed E-state index contributed by atoms with van der Waals surface area (Å²) in [7, 11) is 1.83. The molecule has 0 amide bonds. The number of hydrogen-bond donors (Lipinski definition) is 2. The van der Waals surface area contributed by atoms with Gasteiger partial charge in [0.05, 0.1) is 6.10 Å². The van der Waals surface area contributed by atoms with Gasteiger partial charge in [0.15, 0.2) is 5.96 Å². The van der Waals surface area contributed by atoms with Crippen LogP contribution < -0.4 is 10.6 Å². The van der Waals surface area contributed by atoms with Gasteiger partial charge >= 0.3 is 0 Å². The van der Waals surface area contributed by atoms with Crippen molar-refractivity contribution >= 4 is 5.96 Å². The number of ether oxygens (including phenoxy) is 1. The van der Waals surface area contributed by atoms with E-state index in [9.17, 15) is 0 Å². The van der Waals surface area contributed by atoms with Crippen molar-refractivity contribution < 1.29 is 4.74 Å². The average molecular weight is 282 g/mol. The van der Waals surface area contributed by atoms with Crippen LogP contribution in [0.3, 0.4) is 0 Å². The Balaban J connectivity index is 1.60. The van der Waals surface area contributed by atoms with E-state index >= 15 is 0 Å². The van der Waals surface area contributed by atoms with E-state index in [-0.39, 0.29) is 0 Å². The molecule has 2 fully saturated rings. The van der Waals surface area contributed by atoms with Crippen molar-refractivity contribution in [2.45, 2.75) is 51.2 Å². The van der Waals surface area contributed by atoms with Crippen LogP contribution in [0.1, 0.15) is 39.0 Å². The number of nitrogens with zero attached hydrogens (tertiary/aromatic N) is 2. The second-order valence-electron chi connectivity index (χ2n) is 5.90. The monoisotopic (exact) mass is 282 g/mol. The molecule has 0 saturated carbocycles. The van der Waals surface area contributed by atoms with E-state index in [4.69, 9.17) is 4.74 Å². The number of rotatable bonds is 5. The first kappa shape index (κ1) is 15.6. The third-order valence-corrected chi connectivity index (χ3v) is 4.38. The molecule has 2 saturated heterocycles. The first-order valence-electron chi connectivity index (χ1n) is 8.10. The Bertz CT molecular complexity index is 302. The molecule has 2 unspecified atom stereocenters. The van der Waals surface area contributed by atoms with Crippen LogP contribution in [-0.4, -0.2) is 62.8 Å². The second kappa shape index (κ2) is 8.47. The Hall–Kier alpha value is -0.810. The molecule has 0 bridgehead atoms. The summed E-state index contributed by atoms with van der Waals surface area (Å²) in [6.45, 7) is 7.40. The maximum absolute atomic E-state index is 5.61. The number of piperidine rings is 1. The summed E-state index contributed by atoms with van der Waals surface area (Å²) in [5.74, 6) is 0.894. The zero-order chi connectivity index (χ0) is 14.2. The average Bonchev–Trinajstić information content (AvgIpc) is 2.98. The standard InChI is InChI=1S/C15H30N4O/c1-13-6-3-4-9-19(13)10-8-17-15(16-2)18-12-14-7-5-11-20-14/h13-14H,3-12H2,1-2H3,(H2,16,17,18). The first-order valence-corrected chi connectivity index (χ1v) is 8.10. The Morgan fingerprint density at radius 2 is 2.15 bits per heavy atom. The molecule has 0 aromatic carbocycles. The minimum Gasteiger partial charge on any atom is -0.376 e. The third kappa shape index (κ3) is 4.94. The van der Waals surface area contributed by atoms with E-state index in [1.807, 2.05) is 7.05 Å². The highest BCUT2D eigenvalue weighted by atomic mass is 16.5. The van der Waals surface area contributed by atoms with Gasteiger partial charge in [-0.25, -0.2) is 0 Å². The van der Waals surface area contributed by atoms with Crippen molar-refractivity contribution in [3.63, 3.8) is 0 Å². The molecule has 0 aromatic heterocycles. The predicted molar refractivity (Wildman–Crippen MR) is 83.2 cm³/mol. The summed E-state index contributed by atoms with van der Waals surface area (Å²) < 4.78 is 5.61. The summed E-state index contributed by atoms with van der Waals surface area (Å²) in [6.07, 6.45) is 6.77. The van der Waals surface area contributed by atoms with Gasteiger partial charge in [-0.15, -0.1) is 0 Å². The molecule has 5 heteroatoms. The normalized spacial score (nSPS) is 28.6. The number of aliphatic imine (C=N–C) groups is 1. The number of nitrogens with one attached hydrogen (secondary N) is 2. The van der Waals surface area contributed by atoms with Crippen LogP contribution in [0.4, 0.5) is 0 Å².